The number of hydrogen-bond acceptors (Lipinski definition) is 6. The Labute approximate surface area is 160 Å². The van der Waals surface area contributed by atoms with Gasteiger partial charge in [0.1, 0.15) is 0 Å². The van der Waals surface area contributed by atoms with E-state index in [4.69, 9.17) is 0 Å². The number of sulfonamides is 1. The highest BCUT2D eigenvalue weighted by molar-refractivity contribution is 7.99. The summed E-state index contributed by atoms with van der Waals surface area (Å²) in [6.45, 7) is 2.36. The zero-order valence-electron chi connectivity index (χ0n) is 14.4. The van der Waals surface area contributed by atoms with Crippen molar-refractivity contribution in [1.29, 1.82) is 0 Å². The normalized spacial score (nSPS) is 11.9. The molecule has 0 saturated carbocycles. The van der Waals surface area contributed by atoms with Gasteiger partial charge in [-0.2, -0.15) is 0 Å². The van der Waals surface area contributed by atoms with Gasteiger partial charge in [0.05, 0.1) is 27.9 Å². The average Bonchev–Trinajstić information content (AvgIpc) is 3.17. The fourth-order valence-electron chi connectivity index (χ4n) is 2.40. The third-order valence-electron chi connectivity index (χ3n) is 3.63. The quantitative estimate of drug-likeness (QED) is 0.441. The van der Waals surface area contributed by atoms with Crippen LogP contribution in [0.5, 0.6) is 0 Å². The summed E-state index contributed by atoms with van der Waals surface area (Å²) in [4.78, 5) is 21.7. The zero-order valence-corrected chi connectivity index (χ0v) is 16.9. The first kappa shape index (κ1) is 19.1. The van der Waals surface area contributed by atoms with E-state index in [2.05, 4.69) is 14.7 Å². The molecule has 2 N–H and O–H groups in total. The Morgan fingerprint density at radius 2 is 2.12 bits per heavy atom. The Bertz CT molecular complexity index is 1040. The van der Waals surface area contributed by atoms with Gasteiger partial charge in [-0.05, 0) is 43.2 Å². The third kappa shape index (κ3) is 5.16. The molecule has 3 rings (SSSR count). The first-order chi connectivity index (χ1) is 12.3. The van der Waals surface area contributed by atoms with Gasteiger partial charge in [-0.1, -0.05) is 17.8 Å². The van der Waals surface area contributed by atoms with E-state index in [1.54, 1.807) is 6.07 Å². The highest BCUT2D eigenvalue weighted by Gasteiger charge is 2.12. The lowest BCUT2D eigenvalue weighted by Crippen LogP contribution is -2.23. The molecule has 6 nitrogen and oxygen atoms in total. The Morgan fingerprint density at radius 3 is 2.88 bits per heavy atom. The number of nitrogens with zero attached hydrogens (tertiary/aromatic N) is 1. The zero-order chi connectivity index (χ0) is 18.7. The number of fused-ring (bicyclic) bond motifs is 1. The van der Waals surface area contributed by atoms with E-state index in [1.807, 2.05) is 31.2 Å². The van der Waals surface area contributed by atoms with Crippen molar-refractivity contribution in [3.8, 4) is 0 Å². The summed E-state index contributed by atoms with van der Waals surface area (Å²) in [6.07, 6.45) is 1.70. The first-order valence-electron chi connectivity index (χ1n) is 7.96. The molecule has 0 aliphatic heterocycles. The van der Waals surface area contributed by atoms with Gasteiger partial charge in [0.2, 0.25) is 10.0 Å². The van der Waals surface area contributed by atoms with Gasteiger partial charge in [-0.25, -0.2) is 18.1 Å². The van der Waals surface area contributed by atoms with Crippen LogP contribution < -0.4 is 4.72 Å². The van der Waals surface area contributed by atoms with Crippen LogP contribution in [0.2, 0.25) is 0 Å². The summed E-state index contributed by atoms with van der Waals surface area (Å²) >= 11 is 2.79. The maximum absolute atomic E-state index is 12.4. The van der Waals surface area contributed by atoms with Crippen LogP contribution in [-0.4, -0.2) is 42.7 Å². The summed E-state index contributed by atoms with van der Waals surface area (Å²) in [5.74, 6) is 0.347. The smallest absolute Gasteiger partial charge is 0.208 e. The fourth-order valence-corrected chi connectivity index (χ4v) is 4.67. The number of rotatable bonds is 8. The number of nitrogens with one attached hydrogen (secondary N) is 2. The fraction of sp³-hybridized carbons (Fsp3) is 0.294. The molecule has 2 heterocycles. The first-order valence-corrected chi connectivity index (χ1v) is 11.7. The molecule has 2 aromatic heterocycles. The lowest BCUT2D eigenvalue weighted by atomic mass is 10.2. The molecule has 1 aromatic carbocycles. The van der Waals surface area contributed by atoms with E-state index in [9.17, 15) is 13.2 Å². The monoisotopic (exact) mass is 409 g/mol. The molecule has 0 fully saturated rings. The Kier molecular flexibility index (Phi) is 5.81. The van der Waals surface area contributed by atoms with Crippen molar-refractivity contribution in [2.75, 3.05) is 18.6 Å². The van der Waals surface area contributed by atoms with Crippen LogP contribution in [0.4, 0.5) is 0 Å². The van der Waals surface area contributed by atoms with Crippen molar-refractivity contribution in [3.05, 3.63) is 45.6 Å². The van der Waals surface area contributed by atoms with E-state index in [1.165, 1.54) is 23.1 Å². The Morgan fingerprint density at radius 1 is 1.31 bits per heavy atom. The summed E-state index contributed by atoms with van der Waals surface area (Å²) in [5.41, 5.74) is 3.02. The number of hydrogen-bond donors (Lipinski definition) is 2. The van der Waals surface area contributed by atoms with Crippen LogP contribution in [0.3, 0.4) is 0 Å². The van der Waals surface area contributed by atoms with Crippen molar-refractivity contribution in [1.82, 2.24) is 14.7 Å². The highest BCUT2D eigenvalue weighted by atomic mass is 32.2. The van der Waals surface area contributed by atoms with E-state index in [-0.39, 0.29) is 5.78 Å². The van der Waals surface area contributed by atoms with E-state index in [0.717, 1.165) is 32.9 Å². The van der Waals surface area contributed by atoms with Crippen LogP contribution in [-0.2, 0) is 16.4 Å². The highest BCUT2D eigenvalue weighted by Crippen LogP contribution is 2.23. The van der Waals surface area contributed by atoms with Gasteiger partial charge in [0.25, 0.3) is 0 Å². The molecule has 0 radical (unpaired) electrons. The van der Waals surface area contributed by atoms with Crippen LogP contribution in [0.1, 0.15) is 20.1 Å². The van der Waals surface area contributed by atoms with Gasteiger partial charge >= 0.3 is 0 Å². The molecular weight excluding hydrogens is 390 g/mol. The third-order valence-corrected chi connectivity index (χ3v) is 6.42. The van der Waals surface area contributed by atoms with Gasteiger partial charge in [-0.15, -0.1) is 11.3 Å². The summed E-state index contributed by atoms with van der Waals surface area (Å²) in [5, 5.41) is 0.730. The molecule has 138 valence electrons. The average molecular weight is 410 g/mol. The second kappa shape index (κ2) is 7.91. The SMILES string of the molecule is Cc1ccc2nc(SCC(=O)c3ccc(CCNS(C)(=O)=O)s3)[nH]c2c1. The molecule has 26 heavy (non-hydrogen) atoms. The molecule has 0 aliphatic carbocycles. The van der Waals surface area contributed by atoms with E-state index < -0.39 is 10.0 Å². The minimum absolute atomic E-state index is 0.0407. The molecule has 9 heteroatoms. The number of imidazole rings is 1. The number of H-pyrrole nitrogens is 1. The maximum atomic E-state index is 12.4. The molecule has 0 aliphatic rings. The van der Waals surface area contributed by atoms with Gasteiger partial charge < -0.3 is 4.98 Å². The summed E-state index contributed by atoms with van der Waals surface area (Å²) < 4.78 is 24.6. The molecule has 0 saturated heterocycles. The number of thioether (sulfide) groups is 1. The molecule has 0 unspecified atom stereocenters. The summed E-state index contributed by atoms with van der Waals surface area (Å²) in [7, 11) is -3.18. The van der Waals surface area contributed by atoms with Crippen molar-refractivity contribution in [3.63, 3.8) is 0 Å². The van der Waals surface area contributed by atoms with Crippen LogP contribution in [0.25, 0.3) is 11.0 Å². The molecular formula is C17H19N3O3S3. The number of benzene rings is 1. The maximum Gasteiger partial charge on any atom is 0.208 e. The van der Waals surface area contributed by atoms with Gasteiger partial charge in [-0.3, -0.25) is 4.79 Å². The van der Waals surface area contributed by atoms with Crippen molar-refractivity contribution < 1.29 is 13.2 Å². The Hall–Kier alpha value is -1.68. The second-order valence-electron chi connectivity index (χ2n) is 5.96. The molecule has 0 amide bonds. The number of aryl methyl sites for hydroxylation is 1. The minimum Gasteiger partial charge on any atom is -0.333 e. The van der Waals surface area contributed by atoms with Crippen molar-refractivity contribution in [2.24, 2.45) is 0 Å². The van der Waals surface area contributed by atoms with Crippen molar-refractivity contribution in [2.45, 2.75) is 18.5 Å². The van der Waals surface area contributed by atoms with Crippen LogP contribution in [0.15, 0.2) is 35.5 Å². The second-order valence-corrected chi connectivity index (χ2v) is 9.92. The standard InChI is InChI=1S/C17H19N3O3S3/c1-11-3-5-13-14(9-11)20-17(19-13)24-10-15(21)16-6-4-12(25-16)7-8-18-26(2,22)23/h3-6,9,18H,7-8,10H2,1-2H3,(H,19,20). The summed E-state index contributed by atoms with van der Waals surface area (Å²) in [6, 6.07) is 9.67. The van der Waals surface area contributed by atoms with E-state index in [0.29, 0.717) is 23.6 Å². The van der Waals surface area contributed by atoms with Gasteiger partial charge in [0.15, 0.2) is 10.9 Å². The number of carbonyl (C=O) groups is 1. The molecule has 0 atom stereocenters. The van der Waals surface area contributed by atoms with Crippen molar-refractivity contribution >= 4 is 49.9 Å². The number of aromatic nitrogens is 2. The number of aromatic amines is 1. The number of ketones is 1. The number of thiophene rings is 1. The van der Waals surface area contributed by atoms with E-state index >= 15 is 0 Å². The largest absolute Gasteiger partial charge is 0.333 e. The van der Waals surface area contributed by atoms with Gasteiger partial charge in [0, 0.05) is 11.4 Å². The topological polar surface area (TPSA) is 91.9 Å². The number of Topliss-reactive ketones (excluding diaryl/α,β-unsaturated/α-hetero) is 1. The predicted molar refractivity (Wildman–Crippen MR) is 107 cm³/mol. The predicted octanol–water partition coefficient (Wildman–Crippen LogP) is 3.00. The lowest BCUT2D eigenvalue weighted by Gasteiger charge is -1.99. The Balaban J connectivity index is 1.56. The minimum atomic E-state index is -3.18. The molecule has 0 spiro atoms. The molecule has 3 aromatic rings. The van der Waals surface area contributed by atoms with Crippen LogP contribution >= 0.6 is 23.1 Å². The lowest BCUT2D eigenvalue weighted by molar-refractivity contribution is 0.102. The molecule has 0 bridgehead atoms. The number of carbonyl (C=O) groups excluding carboxylic acids is 1. The van der Waals surface area contributed by atoms with Crippen LogP contribution in [0, 0.1) is 6.92 Å².